The molecule has 0 aromatic carbocycles. The fourth-order valence-electron chi connectivity index (χ4n) is 1.93. The third kappa shape index (κ3) is 2.03. The zero-order valence-electron chi connectivity index (χ0n) is 9.14. The molecule has 3 N–H and O–H groups in total. The Hall–Kier alpha value is -1.14. The van der Waals surface area contributed by atoms with Crippen molar-refractivity contribution in [2.75, 3.05) is 25.4 Å². The van der Waals surface area contributed by atoms with E-state index in [2.05, 4.69) is 4.98 Å². The van der Waals surface area contributed by atoms with Crippen LogP contribution in [0.4, 0.5) is 5.13 Å². The first kappa shape index (κ1) is 11.3. The van der Waals surface area contributed by atoms with Crippen molar-refractivity contribution < 1.29 is 9.90 Å². The summed E-state index contributed by atoms with van der Waals surface area (Å²) in [6, 6.07) is 0. The molecule has 1 atom stereocenters. The summed E-state index contributed by atoms with van der Waals surface area (Å²) in [7, 11) is 0. The third-order valence-electron chi connectivity index (χ3n) is 2.84. The number of amides is 1. The topological polar surface area (TPSA) is 79.5 Å². The summed E-state index contributed by atoms with van der Waals surface area (Å²) >= 11 is 1.23. The van der Waals surface area contributed by atoms with E-state index in [9.17, 15) is 4.79 Å². The quantitative estimate of drug-likeness (QED) is 0.789. The predicted octanol–water partition coefficient (Wildman–Crippen LogP) is 0.488. The van der Waals surface area contributed by atoms with Crippen molar-refractivity contribution >= 4 is 22.4 Å². The van der Waals surface area contributed by atoms with Crippen molar-refractivity contribution in [1.82, 2.24) is 9.88 Å². The molecule has 0 spiro atoms. The van der Waals surface area contributed by atoms with Crippen LogP contribution in [0, 0.1) is 12.8 Å². The molecule has 1 amide bonds. The second-order valence-electron chi connectivity index (χ2n) is 4.06. The van der Waals surface area contributed by atoms with Crippen LogP contribution in [0.25, 0.3) is 0 Å². The molecule has 1 unspecified atom stereocenters. The third-order valence-corrected chi connectivity index (χ3v) is 3.81. The lowest BCUT2D eigenvalue weighted by molar-refractivity contribution is 0.0785. The summed E-state index contributed by atoms with van der Waals surface area (Å²) in [5.41, 5.74) is 6.26. The minimum Gasteiger partial charge on any atom is -0.396 e. The van der Waals surface area contributed by atoms with Crippen LogP contribution < -0.4 is 5.73 Å². The highest BCUT2D eigenvalue weighted by molar-refractivity contribution is 7.17. The molecule has 0 saturated carbocycles. The predicted molar refractivity (Wildman–Crippen MR) is 62.4 cm³/mol. The minimum atomic E-state index is -0.0114. The molecule has 0 bridgehead atoms. The van der Waals surface area contributed by atoms with E-state index in [1.807, 2.05) is 0 Å². The van der Waals surface area contributed by atoms with Gasteiger partial charge in [-0.1, -0.05) is 11.3 Å². The van der Waals surface area contributed by atoms with Gasteiger partial charge in [-0.25, -0.2) is 4.98 Å². The summed E-state index contributed by atoms with van der Waals surface area (Å²) < 4.78 is 0. The Morgan fingerprint density at radius 2 is 2.50 bits per heavy atom. The van der Waals surface area contributed by atoms with E-state index in [0.29, 0.717) is 28.8 Å². The molecule has 1 saturated heterocycles. The van der Waals surface area contributed by atoms with Crippen LogP contribution in [0.15, 0.2) is 0 Å². The number of likely N-dealkylation sites (tertiary alicyclic amines) is 1. The number of aliphatic hydroxyl groups is 1. The molecular formula is C10H15N3O2S. The van der Waals surface area contributed by atoms with E-state index in [1.165, 1.54) is 11.3 Å². The summed E-state index contributed by atoms with van der Waals surface area (Å²) in [5.74, 6) is 0.206. The molecule has 2 rings (SSSR count). The lowest BCUT2D eigenvalue weighted by atomic mass is 10.1. The van der Waals surface area contributed by atoms with Gasteiger partial charge in [0.1, 0.15) is 4.88 Å². The molecule has 2 heterocycles. The Morgan fingerprint density at radius 3 is 3.00 bits per heavy atom. The number of aryl methyl sites for hydroxylation is 1. The summed E-state index contributed by atoms with van der Waals surface area (Å²) in [6.45, 7) is 3.28. The second-order valence-corrected chi connectivity index (χ2v) is 5.09. The lowest BCUT2D eigenvalue weighted by Crippen LogP contribution is -2.29. The van der Waals surface area contributed by atoms with Gasteiger partial charge in [-0.15, -0.1) is 0 Å². The first-order valence-electron chi connectivity index (χ1n) is 5.25. The number of nitrogens with two attached hydrogens (primary N) is 1. The number of nitrogens with zero attached hydrogens (tertiary/aromatic N) is 2. The Morgan fingerprint density at radius 1 is 1.75 bits per heavy atom. The van der Waals surface area contributed by atoms with Crippen molar-refractivity contribution in [3.8, 4) is 0 Å². The molecule has 1 aromatic rings. The van der Waals surface area contributed by atoms with Crippen LogP contribution in [0.2, 0.25) is 0 Å². The number of hydrogen-bond acceptors (Lipinski definition) is 5. The number of hydrogen-bond donors (Lipinski definition) is 2. The van der Waals surface area contributed by atoms with Crippen LogP contribution >= 0.6 is 11.3 Å². The number of anilines is 1. The summed E-state index contributed by atoms with van der Waals surface area (Å²) in [6.07, 6.45) is 0.871. The standard InChI is InChI=1S/C10H15N3O2S/c1-6-8(16-10(11)12-6)9(15)13-3-2-7(4-13)5-14/h7,14H,2-5H2,1H3,(H2,11,12). The molecule has 1 aromatic heterocycles. The number of aliphatic hydroxyl groups excluding tert-OH is 1. The van der Waals surface area contributed by atoms with E-state index in [4.69, 9.17) is 10.8 Å². The highest BCUT2D eigenvalue weighted by Crippen LogP contribution is 2.24. The average molecular weight is 241 g/mol. The van der Waals surface area contributed by atoms with E-state index in [1.54, 1.807) is 11.8 Å². The number of rotatable bonds is 2. The van der Waals surface area contributed by atoms with Crippen LogP contribution in [-0.2, 0) is 0 Å². The monoisotopic (exact) mass is 241 g/mol. The van der Waals surface area contributed by atoms with Crippen molar-refractivity contribution in [2.24, 2.45) is 5.92 Å². The minimum absolute atomic E-state index is 0.0114. The van der Waals surface area contributed by atoms with Crippen LogP contribution in [0.3, 0.4) is 0 Å². The molecular weight excluding hydrogens is 226 g/mol. The molecule has 1 aliphatic heterocycles. The smallest absolute Gasteiger partial charge is 0.265 e. The fourth-order valence-corrected chi connectivity index (χ4v) is 2.73. The first-order valence-corrected chi connectivity index (χ1v) is 6.06. The Bertz CT molecular complexity index is 405. The van der Waals surface area contributed by atoms with Crippen molar-refractivity contribution in [2.45, 2.75) is 13.3 Å². The maximum atomic E-state index is 12.1. The Kier molecular flexibility index (Phi) is 3.11. The molecule has 1 aliphatic rings. The number of carbonyl (C=O) groups is 1. The Balaban J connectivity index is 2.11. The molecule has 88 valence electrons. The SMILES string of the molecule is Cc1nc(N)sc1C(=O)N1CCC(CO)C1. The molecule has 5 nitrogen and oxygen atoms in total. The van der Waals surface area contributed by atoms with Gasteiger partial charge in [0, 0.05) is 25.6 Å². The summed E-state index contributed by atoms with van der Waals surface area (Å²) in [4.78, 5) is 18.5. The van der Waals surface area contributed by atoms with Gasteiger partial charge in [0.25, 0.3) is 5.91 Å². The first-order chi connectivity index (χ1) is 7.61. The van der Waals surface area contributed by atoms with Crippen molar-refractivity contribution in [1.29, 1.82) is 0 Å². The van der Waals surface area contributed by atoms with Crippen LogP contribution in [-0.4, -0.2) is 40.6 Å². The van der Waals surface area contributed by atoms with E-state index >= 15 is 0 Å². The van der Waals surface area contributed by atoms with Gasteiger partial charge in [-0.05, 0) is 13.3 Å². The van der Waals surface area contributed by atoms with Gasteiger partial charge in [0.2, 0.25) is 0 Å². The Labute approximate surface area is 97.9 Å². The van der Waals surface area contributed by atoms with E-state index in [-0.39, 0.29) is 18.4 Å². The zero-order valence-corrected chi connectivity index (χ0v) is 9.96. The average Bonchev–Trinajstić information content (AvgIpc) is 2.84. The van der Waals surface area contributed by atoms with Gasteiger partial charge in [-0.3, -0.25) is 4.79 Å². The zero-order chi connectivity index (χ0) is 11.7. The van der Waals surface area contributed by atoms with Gasteiger partial charge >= 0.3 is 0 Å². The molecule has 6 heteroatoms. The van der Waals surface area contributed by atoms with Crippen LogP contribution in [0.5, 0.6) is 0 Å². The van der Waals surface area contributed by atoms with Crippen molar-refractivity contribution in [3.63, 3.8) is 0 Å². The number of aromatic nitrogens is 1. The molecule has 0 radical (unpaired) electrons. The fraction of sp³-hybridized carbons (Fsp3) is 0.600. The van der Waals surface area contributed by atoms with E-state index in [0.717, 1.165) is 6.42 Å². The normalized spacial score (nSPS) is 20.4. The largest absolute Gasteiger partial charge is 0.396 e. The molecule has 16 heavy (non-hydrogen) atoms. The van der Waals surface area contributed by atoms with Crippen LogP contribution in [0.1, 0.15) is 21.8 Å². The maximum absolute atomic E-state index is 12.1. The number of nitrogen functional groups attached to an aromatic ring is 1. The van der Waals surface area contributed by atoms with Gasteiger partial charge in [0.05, 0.1) is 5.69 Å². The van der Waals surface area contributed by atoms with Gasteiger partial charge < -0.3 is 15.7 Å². The lowest BCUT2D eigenvalue weighted by Gasteiger charge is -2.15. The highest BCUT2D eigenvalue weighted by Gasteiger charge is 2.28. The maximum Gasteiger partial charge on any atom is 0.265 e. The van der Waals surface area contributed by atoms with E-state index < -0.39 is 0 Å². The number of carbonyl (C=O) groups excluding carboxylic acids is 1. The van der Waals surface area contributed by atoms with Gasteiger partial charge in [0.15, 0.2) is 5.13 Å². The van der Waals surface area contributed by atoms with Crippen molar-refractivity contribution in [3.05, 3.63) is 10.6 Å². The van der Waals surface area contributed by atoms with Gasteiger partial charge in [-0.2, -0.15) is 0 Å². The number of thiazole rings is 1. The highest BCUT2D eigenvalue weighted by atomic mass is 32.1. The molecule has 1 fully saturated rings. The summed E-state index contributed by atoms with van der Waals surface area (Å²) in [5, 5.41) is 9.46. The molecule has 0 aliphatic carbocycles. The second kappa shape index (κ2) is 4.39.